The standard InChI is InChI=1S/C18H23N3O2S/c1-4-24-12(2)18(22)21-10-9-15-16(11-21)20-17(19-15)13-5-7-14(23-3)8-6-13/h5-8,12H,4,9-11H2,1-3H3,(H,19,20)/t12-/m0/s1. The van der Waals surface area contributed by atoms with Crippen molar-refractivity contribution in [2.45, 2.75) is 32.1 Å². The maximum absolute atomic E-state index is 12.5. The maximum atomic E-state index is 12.5. The van der Waals surface area contributed by atoms with E-state index in [2.05, 4.69) is 11.9 Å². The fourth-order valence-electron chi connectivity index (χ4n) is 2.95. The van der Waals surface area contributed by atoms with E-state index in [9.17, 15) is 4.79 Å². The number of aromatic amines is 1. The number of rotatable bonds is 5. The van der Waals surface area contributed by atoms with Crippen LogP contribution < -0.4 is 4.74 Å². The number of thioether (sulfide) groups is 1. The van der Waals surface area contributed by atoms with E-state index in [0.29, 0.717) is 6.54 Å². The van der Waals surface area contributed by atoms with Crippen LogP contribution in [0.4, 0.5) is 0 Å². The number of H-pyrrole nitrogens is 1. The van der Waals surface area contributed by atoms with Crippen LogP contribution in [0.3, 0.4) is 0 Å². The van der Waals surface area contributed by atoms with Crippen molar-refractivity contribution in [2.75, 3.05) is 19.4 Å². The largest absolute Gasteiger partial charge is 0.497 e. The van der Waals surface area contributed by atoms with Crippen molar-refractivity contribution in [1.29, 1.82) is 0 Å². The Balaban J connectivity index is 1.75. The Hall–Kier alpha value is -1.95. The second-order valence-electron chi connectivity index (χ2n) is 5.85. The number of aromatic nitrogens is 2. The van der Waals surface area contributed by atoms with Crippen molar-refractivity contribution in [2.24, 2.45) is 0 Å². The molecular formula is C18H23N3O2S. The molecule has 1 aliphatic rings. The Morgan fingerprint density at radius 3 is 2.83 bits per heavy atom. The summed E-state index contributed by atoms with van der Waals surface area (Å²) in [6, 6.07) is 7.84. The number of amides is 1. The number of methoxy groups -OCH3 is 1. The van der Waals surface area contributed by atoms with Crippen molar-refractivity contribution < 1.29 is 9.53 Å². The third-order valence-corrected chi connectivity index (χ3v) is 5.31. The molecule has 0 saturated carbocycles. The third kappa shape index (κ3) is 3.43. The average Bonchev–Trinajstić information content (AvgIpc) is 3.04. The van der Waals surface area contributed by atoms with Crippen molar-refractivity contribution in [3.05, 3.63) is 35.7 Å². The van der Waals surface area contributed by atoms with Crippen molar-refractivity contribution in [3.63, 3.8) is 0 Å². The Bertz CT molecular complexity index is 712. The van der Waals surface area contributed by atoms with E-state index in [1.165, 1.54) is 0 Å². The van der Waals surface area contributed by atoms with Crippen molar-refractivity contribution >= 4 is 17.7 Å². The van der Waals surface area contributed by atoms with Crippen LogP contribution in [0.1, 0.15) is 25.2 Å². The average molecular weight is 345 g/mol. The van der Waals surface area contributed by atoms with Gasteiger partial charge >= 0.3 is 0 Å². The monoisotopic (exact) mass is 345 g/mol. The third-order valence-electron chi connectivity index (χ3n) is 4.27. The quantitative estimate of drug-likeness (QED) is 0.905. The zero-order chi connectivity index (χ0) is 17.1. The van der Waals surface area contributed by atoms with E-state index in [4.69, 9.17) is 9.72 Å². The lowest BCUT2D eigenvalue weighted by Gasteiger charge is -2.28. The summed E-state index contributed by atoms with van der Waals surface area (Å²) >= 11 is 1.69. The highest BCUT2D eigenvalue weighted by atomic mass is 32.2. The van der Waals surface area contributed by atoms with Gasteiger partial charge in [-0.05, 0) is 36.9 Å². The number of ether oxygens (including phenoxy) is 1. The number of hydrogen-bond donors (Lipinski definition) is 1. The minimum absolute atomic E-state index is 0.0144. The van der Waals surface area contributed by atoms with Crippen LogP contribution in [0.25, 0.3) is 11.4 Å². The van der Waals surface area contributed by atoms with Crippen molar-refractivity contribution in [3.8, 4) is 17.1 Å². The van der Waals surface area contributed by atoms with E-state index in [1.54, 1.807) is 18.9 Å². The van der Waals surface area contributed by atoms with Gasteiger partial charge in [-0.15, -0.1) is 11.8 Å². The lowest BCUT2D eigenvalue weighted by molar-refractivity contribution is -0.131. The Labute approximate surface area is 146 Å². The molecule has 5 nitrogen and oxygen atoms in total. The lowest BCUT2D eigenvalue weighted by atomic mass is 10.1. The van der Waals surface area contributed by atoms with Crippen LogP contribution >= 0.6 is 11.8 Å². The van der Waals surface area contributed by atoms with Gasteiger partial charge in [0.15, 0.2) is 0 Å². The van der Waals surface area contributed by atoms with E-state index in [0.717, 1.165) is 47.2 Å². The molecule has 24 heavy (non-hydrogen) atoms. The molecule has 0 radical (unpaired) electrons. The van der Waals surface area contributed by atoms with Crippen LogP contribution in [0, 0.1) is 0 Å². The molecule has 3 rings (SSSR count). The highest BCUT2D eigenvalue weighted by Gasteiger charge is 2.26. The number of carbonyl (C=O) groups is 1. The molecular weight excluding hydrogens is 322 g/mol. The fraction of sp³-hybridized carbons (Fsp3) is 0.444. The van der Waals surface area contributed by atoms with Gasteiger partial charge in [0, 0.05) is 18.5 Å². The molecule has 2 heterocycles. The molecule has 128 valence electrons. The zero-order valence-corrected chi connectivity index (χ0v) is 15.2. The Morgan fingerprint density at radius 2 is 2.17 bits per heavy atom. The molecule has 1 atom stereocenters. The molecule has 6 heteroatoms. The van der Waals surface area contributed by atoms with Crippen LogP contribution in [0.5, 0.6) is 5.75 Å². The van der Waals surface area contributed by atoms with E-state index >= 15 is 0 Å². The molecule has 1 aromatic heterocycles. The van der Waals surface area contributed by atoms with Gasteiger partial charge < -0.3 is 14.6 Å². The number of nitrogens with zero attached hydrogens (tertiary/aromatic N) is 2. The number of hydrogen-bond acceptors (Lipinski definition) is 4. The number of benzene rings is 1. The number of fused-ring (bicyclic) bond motifs is 1. The number of nitrogens with one attached hydrogen (secondary N) is 1. The van der Waals surface area contributed by atoms with Crippen LogP contribution in [-0.2, 0) is 17.8 Å². The summed E-state index contributed by atoms with van der Waals surface area (Å²) in [5.74, 6) is 2.85. The molecule has 1 N–H and O–H groups in total. The van der Waals surface area contributed by atoms with Gasteiger partial charge in [0.1, 0.15) is 11.6 Å². The SMILES string of the molecule is CCS[C@@H](C)C(=O)N1CCc2nc(-c3ccc(OC)cc3)[nH]c2C1. The molecule has 2 aromatic rings. The number of carbonyl (C=O) groups excluding carboxylic acids is 1. The van der Waals surface area contributed by atoms with Crippen molar-refractivity contribution in [1.82, 2.24) is 14.9 Å². The van der Waals surface area contributed by atoms with Gasteiger partial charge in [0.25, 0.3) is 0 Å². The first-order valence-corrected chi connectivity index (χ1v) is 9.29. The van der Waals surface area contributed by atoms with Crippen LogP contribution in [-0.4, -0.2) is 45.4 Å². The first kappa shape index (κ1) is 16.9. The predicted octanol–water partition coefficient (Wildman–Crippen LogP) is 3.11. The second kappa shape index (κ2) is 7.30. The number of imidazole rings is 1. The van der Waals surface area contributed by atoms with E-state index < -0.39 is 0 Å². The predicted molar refractivity (Wildman–Crippen MR) is 97.3 cm³/mol. The summed E-state index contributed by atoms with van der Waals surface area (Å²) in [6.45, 7) is 5.43. The normalized spacial score (nSPS) is 15.0. The molecule has 0 spiro atoms. The lowest BCUT2D eigenvalue weighted by Crippen LogP contribution is -2.40. The van der Waals surface area contributed by atoms with Gasteiger partial charge in [0.05, 0.1) is 30.3 Å². The summed E-state index contributed by atoms with van der Waals surface area (Å²) in [6.07, 6.45) is 0.803. The highest BCUT2D eigenvalue weighted by Crippen LogP contribution is 2.25. The van der Waals surface area contributed by atoms with Gasteiger partial charge in [-0.3, -0.25) is 4.79 Å². The minimum atomic E-state index is 0.0144. The molecule has 0 aliphatic carbocycles. The fourth-order valence-corrected chi connectivity index (χ4v) is 3.74. The highest BCUT2D eigenvalue weighted by molar-refractivity contribution is 8.00. The summed E-state index contributed by atoms with van der Waals surface area (Å²) in [7, 11) is 1.66. The van der Waals surface area contributed by atoms with E-state index in [1.807, 2.05) is 36.1 Å². The molecule has 1 amide bonds. The molecule has 0 bridgehead atoms. The molecule has 0 unspecified atom stereocenters. The van der Waals surface area contributed by atoms with Gasteiger partial charge in [-0.2, -0.15) is 0 Å². The molecule has 0 fully saturated rings. The summed E-state index contributed by atoms with van der Waals surface area (Å²) in [4.78, 5) is 22.5. The Morgan fingerprint density at radius 1 is 1.42 bits per heavy atom. The zero-order valence-electron chi connectivity index (χ0n) is 14.3. The molecule has 1 aliphatic heterocycles. The summed E-state index contributed by atoms with van der Waals surface area (Å²) in [5, 5.41) is 0.0144. The van der Waals surface area contributed by atoms with E-state index in [-0.39, 0.29) is 11.2 Å². The summed E-state index contributed by atoms with van der Waals surface area (Å²) < 4.78 is 5.19. The maximum Gasteiger partial charge on any atom is 0.235 e. The smallest absolute Gasteiger partial charge is 0.235 e. The molecule has 1 aromatic carbocycles. The second-order valence-corrected chi connectivity index (χ2v) is 7.46. The van der Waals surface area contributed by atoms with Crippen LogP contribution in [0.15, 0.2) is 24.3 Å². The van der Waals surface area contributed by atoms with Crippen LogP contribution in [0.2, 0.25) is 0 Å². The molecule has 0 saturated heterocycles. The minimum Gasteiger partial charge on any atom is -0.497 e. The van der Waals surface area contributed by atoms with Gasteiger partial charge in [-0.1, -0.05) is 6.92 Å². The first-order chi connectivity index (χ1) is 11.6. The van der Waals surface area contributed by atoms with Gasteiger partial charge in [0.2, 0.25) is 5.91 Å². The topological polar surface area (TPSA) is 58.2 Å². The first-order valence-electron chi connectivity index (χ1n) is 8.25. The van der Waals surface area contributed by atoms with Gasteiger partial charge in [-0.25, -0.2) is 4.98 Å². The Kier molecular flexibility index (Phi) is 5.14. The summed E-state index contributed by atoms with van der Waals surface area (Å²) in [5.41, 5.74) is 3.15.